The molecule has 1 aliphatic rings. The monoisotopic (exact) mass is 422 g/mol. The van der Waals surface area contributed by atoms with Crippen molar-refractivity contribution >= 4 is 11.6 Å². The Hall–Kier alpha value is -2.92. The van der Waals surface area contributed by atoms with Crippen LogP contribution < -0.4 is 10.1 Å². The van der Waals surface area contributed by atoms with Gasteiger partial charge in [-0.3, -0.25) is 14.6 Å². The highest BCUT2D eigenvalue weighted by molar-refractivity contribution is 5.92. The normalized spacial score (nSPS) is 14.2. The number of morpholine rings is 1. The first-order chi connectivity index (χ1) is 15.2. The van der Waals surface area contributed by atoms with Crippen LogP contribution in [-0.2, 0) is 16.1 Å². The molecule has 0 saturated carbocycles. The fourth-order valence-corrected chi connectivity index (χ4v) is 3.36. The highest BCUT2D eigenvalue weighted by Gasteiger charge is 2.15. The Morgan fingerprint density at radius 2 is 1.84 bits per heavy atom. The van der Waals surface area contributed by atoms with E-state index >= 15 is 0 Å². The van der Waals surface area contributed by atoms with Gasteiger partial charge in [-0.2, -0.15) is 5.26 Å². The van der Waals surface area contributed by atoms with Crippen LogP contribution in [0, 0.1) is 11.3 Å². The molecule has 1 N–H and O–H groups in total. The van der Waals surface area contributed by atoms with E-state index in [-0.39, 0.29) is 12.5 Å². The lowest BCUT2D eigenvalue weighted by molar-refractivity contribution is -0.117. The van der Waals surface area contributed by atoms with Crippen molar-refractivity contribution in [2.75, 3.05) is 57.8 Å². The van der Waals surface area contributed by atoms with E-state index in [0.717, 1.165) is 56.4 Å². The Balaban J connectivity index is 1.44. The summed E-state index contributed by atoms with van der Waals surface area (Å²) in [6.45, 7) is 6.31. The Morgan fingerprint density at radius 1 is 1.10 bits per heavy atom. The number of hydrogen-bond acceptors (Lipinski definition) is 6. The first kappa shape index (κ1) is 22.8. The number of carbonyl (C=O) groups excluding carboxylic acids is 1. The van der Waals surface area contributed by atoms with E-state index in [9.17, 15) is 4.79 Å². The van der Waals surface area contributed by atoms with E-state index in [0.29, 0.717) is 19.6 Å². The van der Waals surface area contributed by atoms with E-state index in [1.165, 1.54) is 0 Å². The topological polar surface area (TPSA) is 77.8 Å². The lowest BCUT2D eigenvalue weighted by Gasteiger charge is -2.29. The maximum Gasteiger partial charge on any atom is 0.238 e. The molecule has 1 saturated heterocycles. The third-order valence-electron chi connectivity index (χ3n) is 5.13. The standard InChI is InChI=1S/C24H30N4O3/c25-11-4-12-28(14-13-27-15-17-30-18-16-27)19-24(29)26-22-7-9-23(10-8-22)31-20-21-5-2-1-3-6-21/h1-3,5-10H,4,12-20H2,(H,26,29). The Bertz CT molecular complexity index is 830. The summed E-state index contributed by atoms with van der Waals surface area (Å²) >= 11 is 0. The van der Waals surface area contributed by atoms with Gasteiger partial charge in [0.1, 0.15) is 12.4 Å². The number of nitriles is 1. The predicted molar refractivity (Wildman–Crippen MR) is 120 cm³/mol. The van der Waals surface area contributed by atoms with Crippen molar-refractivity contribution < 1.29 is 14.3 Å². The number of benzene rings is 2. The number of hydrogen-bond donors (Lipinski definition) is 1. The number of rotatable bonds is 11. The second-order valence-corrected chi connectivity index (χ2v) is 7.49. The van der Waals surface area contributed by atoms with Crippen LogP contribution in [0.25, 0.3) is 0 Å². The van der Waals surface area contributed by atoms with E-state index in [1.54, 1.807) is 0 Å². The summed E-state index contributed by atoms with van der Waals surface area (Å²) in [5.41, 5.74) is 1.83. The lowest BCUT2D eigenvalue weighted by atomic mass is 10.2. The summed E-state index contributed by atoms with van der Waals surface area (Å²) in [5, 5.41) is 11.9. The van der Waals surface area contributed by atoms with Gasteiger partial charge in [0.2, 0.25) is 5.91 Å². The molecule has 0 bridgehead atoms. The summed E-state index contributed by atoms with van der Waals surface area (Å²) < 4.78 is 11.2. The largest absolute Gasteiger partial charge is 0.489 e. The zero-order valence-electron chi connectivity index (χ0n) is 17.8. The van der Waals surface area contributed by atoms with Crippen molar-refractivity contribution in [3.63, 3.8) is 0 Å². The minimum Gasteiger partial charge on any atom is -0.489 e. The zero-order chi connectivity index (χ0) is 21.7. The smallest absolute Gasteiger partial charge is 0.238 e. The molecule has 31 heavy (non-hydrogen) atoms. The van der Waals surface area contributed by atoms with Crippen molar-refractivity contribution in [1.29, 1.82) is 5.26 Å². The molecule has 7 heteroatoms. The first-order valence-corrected chi connectivity index (χ1v) is 10.7. The van der Waals surface area contributed by atoms with Gasteiger partial charge in [-0.1, -0.05) is 30.3 Å². The second kappa shape index (κ2) is 12.7. The lowest BCUT2D eigenvalue weighted by Crippen LogP contribution is -2.43. The van der Waals surface area contributed by atoms with Gasteiger partial charge >= 0.3 is 0 Å². The number of carbonyl (C=O) groups is 1. The third-order valence-corrected chi connectivity index (χ3v) is 5.13. The highest BCUT2D eigenvalue weighted by atomic mass is 16.5. The molecule has 0 unspecified atom stereocenters. The number of nitrogens with zero attached hydrogens (tertiary/aromatic N) is 3. The fraction of sp³-hybridized carbons (Fsp3) is 0.417. The molecule has 164 valence electrons. The molecular formula is C24H30N4O3. The van der Waals surface area contributed by atoms with E-state index in [2.05, 4.69) is 16.3 Å². The van der Waals surface area contributed by atoms with Gasteiger partial charge in [0.05, 0.1) is 25.8 Å². The average molecular weight is 423 g/mol. The van der Waals surface area contributed by atoms with Crippen LogP contribution >= 0.6 is 0 Å². The van der Waals surface area contributed by atoms with Crippen molar-refractivity contribution in [2.24, 2.45) is 0 Å². The molecule has 1 amide bonds. The van der Waals surface area contributed by atoms with Crippen LogP contribution in [0.5, 0.6) is 5.75 Å². The number of amides is 1. The van der Waals surface area contributed by atoms with Gasteiger partial charge in [-0.05, 0) is 29.8 Å². The van der Waals surface area contributed by atoms with Crippen LogP contribution in [0.3, 0.4) is 0 Å². The summed E-state index contributed by atoms with van der Waals surface area (Å²) in [6, 6.07) is 19.5. The van der Waals surface area contributed by atoms with E-state index in [4.69, 9.17) is 14.7 Å². The number of nitrogens with one attached hydrogen (secondary N) is 1. The first-order valence-electron chi connectivity index (χ1n) is 10.7. The molecule has 0 aliphatic carbocycles. The van der Waals surface area contributed by atoms with Crippen LogP contribution in [0.4, 0.5) is 5.69 Å². The van der Waals surface area contributed by atoms with Crippen molar-refractivity contribution in [3.8, 4) is 11.8 Å². The summed E-state index contributed by atoms with van der Waals surface area (Å²) in [5.74, 6) is 0.667. The summed E-state index contributed by atoms with van der Waals surface area (Å²) in [6.07, 6.45) is 0.407. The van der Waals surface area contributed by atoms with Crippen LogP contribution in [0.1, 0.15) is 12.0 Å². The van der Waals surface area contributed by atoms with Crippen LogP contribution in [0.15, 0.2) is 54.6 Å². The van der Waals surface area contributed by atoms with Crippen LogP contribution in [-0.4, -0.2) is 68.2 Å². The fourth-order valence-electron chi connectivity index (χ4n) is 3.36. The minimum atomic E-state index is -0.0853. The molecule has 7 nitrogen and oxygen atoms in total. The summed E-state index contributed by atoms with van der Waals surface area (Å²) in [4.78, 5) is 16.9. The van der Waals surface area contributed by atoms with Gasteiger partial charge in [-0.25, -0.2) is 0 Å². The Morgan fingerprint density at radius 3 is 2.55 bits per heavy atom. The van der Waals surface area contributed by atoms with Crippen molar-refractivity contribution in [3.05, 3.63) is 60.2 Å². The molecule has 0 radical (unpaired) electrons. The van der Waals surface area contributed by atoms with Gasteiger partial charge in [-0.15, -0.1) is 0 Å². The van der Waals surface area contributed by atoms with Gasteiger partial charge in [0.25, 0.3) is 0 Å². The van der Waals surface area contributed by atoms with E-state index in [1.807, 2.05) is 59.5 Å². The molecule has 0 atom stereocenters. The number of ether oxygens (including phenoxy) is 2. The van der Waals surface area contributed by atoms with Gasteiger partial charge < -0.3 is 14.8 Å². The molecule has 2 aromatic carbocycles. The molecule has 1 fully saturated rings. The third kappa shape index (κ3) is 8.38. The zero-order valence-corrected chi connectivity index (χ0v) is 17.8. The molecule has 0 spiro atoms. The summed E-state index contributed by atoms with van der Waals surface area (Å²) in [7, 11) is 0. The SMILES string of the molecule is N#CCCN(CCN1CCOCC1)CC(=O)Nc1ccc(OCc2ccccc2)cc1. The maximum atomic E-state index is 12.5. The highest BCUT2D eigenvalue weighted by Crippen LogP contribution is 2.17. The maximum absolute atomic E-state index is 12.5. The van der Waals surface area contributed by atoms with Crippen LogP contribution in [0.2, 0.25) is 0 Å². The van der Waals surface area contributed by atoms with Gasteiger partial charge in [0.15, 0.2) is 0 Å². The Kier molecular flexibility index (Phi) is 9.32. The molecule has 3 rings (SSSR count). The van der Waals surface area contributed by atoms with Crippen molar-refractivity contribution in [2.45, 2.75) is 13.0 Å². The Labute approximate surface area is 184 Å². The molecule has 1 aliphatic heterocycles. The quantitative estimate of drug-likeness (QED) is 0.600. The molecule has 1 heterocycles. The molecular weight excluding hydrogens is 392 g/mol. The average Bonchev–Trinajstić information content (AvgIpc) is 2.81. The van der Waals surface area contributed by atoms with Crippen molar-refractivity contribution in [1.82, 2.24) is 9.80 Å². The molecule has 0 aromatic heterocycles. The molecule has 2 aromatic rings. The number of anilines is 1. The van der Waals surface area contributed by atoms with E-state index < -0.39 is 0 Å². The minimum absolute atomic E-state index is 0.0853. The second-order valence-electron chi connectivity index (χ2n) is 7.49. The van der Waals surface area contributed by atoms with Gasteiger partial charge in [0, 0.05) is 44.8 Å². The predicted octanol–water partition coefficient (Wildman–Crippen LogP) is 2.75.